The van der Waals surface area contributed by atoms with Gasteiger partial charge < -0.3 is 4.74 Å². The van der Waals surface area contributed by atoms with Crippen molar-refractivity contribution in [2.75, 3.05) is 7.11 Å². The number of hydrogen-bond acceptors (Lipinski definition) is 4. The Hall–Kier alpha value is -3.15. The molecule has 0 radical (unpaired) electrons. The second-order valence-electron chi connectivity index (χ2n) is 6.61. The highest BCUT2D eigenvalue weighted by molar-refractivity contribution is 5.78. The van der Waals surface area contributed by atoms with Gasteiger partial charge in [-0.2, -0.15) is 0 Å². The fourth-order valence-electron chi connectivity index (χ4n) is 3.16. The molecule has 0 saturated carbocycles. The summed E-state index contributed by atoms with van der Waals surface area (Å²) in [5.74, 6) is 1.31. The highest BCUT2D eigenvalue weighted by atomic mass is 16.5. The van der Waals surface area contributed by atoms with Crippen molar-refractivity contribution < 1.29 is 9.53 Å². The van der Waals surface area contributed by atoms with Crippen LogP contribution in [-0.2, 0) is 24.3 Å². The number of aryl methyl sites for hydroxylation is 1. The monoisotopic (exact) mass is 379 g/mol. The SMILES string of the molecule is CCn1c(-c2ccc(OC)cc2)nn(CC(=O)CCCc2ccccc2)c1=O. The summed E-state index contributed by atoms with van der Waals surface area (Å²) in [7, 11) is 1.61. The minimum absolute atomic E-state index is 0.00375. The van der Waals surface area contributed by atoms with Gasteiger partial charge in [0.05, 0.1) is 7.11 Å². The number of nitrogens with zero attached hydrogens (tertiary/aromatic N) is 3. The van der Waals surface area contributed by atoms with Gasteiger partial charge in [-0.25, -0.2) is 9.48 Å². The van der Waals surface area contributed by atoms with E-state index in [1.165, 1.54) is 10.2 Å². The molecule has 0 atom stereocenters. The highest BCUT2D eigenvalue weighted by Gasteiger charge is 2.16. The molecule has 1 aromatic heterocycles. The van der Waals surface area contributed by atoms with Gasteiger partial charge in [-0.1, -0.05) is 30.3 Å². The van der Waals surface area contributed by atoms with Gasteiger partial charge in [-0.15, -0.1) is 5.10 Å². The van der Waals surface area contributed by atoms with Crippen molar-refractivity contribution in [2.45, 2.75) is 39.3 Å². The normalized spacial score (nSPS) is 10.8. The molecule has 0 aliphatic rings. The summed E-state index contributed by atoms with van der Waals surface area (Å²) in [6.45, 7) is 2.38. The maximum absolute atomic E-state index is 12.6. The van der Waals surface area contributed by atoms with Crippen LogP contribution < -0.4 is 10.4 Å². The van der Waals surface area contributed by atoms with Crippen molar-refractivity contribution in [3.05, 3.63) is 70.6 Å². The molecule has 0 N–H and O–H groups in total. The number of ether oxygens (including phenoxy) is 1. The minimum atomic E-state index is -0.260. The maximum Gasteiger partial charge on any atom is 0.346 e. The van der Waals surface area contributed by atoms with Crippen LogP contribution in [0.25, 0.3) is 11.4 Å². The highest BCUT2D eigenvalue weighted by Crippen LogP contribution is 2.20. The topological polar surface area (TPSA) is 66.1 Å². The van der Waals surface area contributed by atoms with Crippen LogP contribution in [0.4, 0.5) is 0 Å². The van der Waals surface area contributed by atoms with E-state index in [9.17, 15) is 9.59 Å². The zero-order chi connectivity index (χ0) is 19.9. The van der Waals surface area contributed by atoms with Crippen LogP contribution in [0, 0.1) is 0 Å². The molecule has 6 heteroatoms. The molecule has 146 valence electrons. The first-order valence-corrected chi connectivity index (χ1v) is 9.50. The van der Waals surface area contributed by atoms with Gasteiger partial charge in [0.15, 0.2) is 11.6 Å². The Morgan fingerprint density at radius 2 is 1.79 bits per heavy atom. The first-order valence-electron chi connectivity index (χ1n) is 9.50. The largest absolute Gasteiger partial charge is 0.497 e. The van der Waals surface area contributed by atoms with E-state index in [0.717, 1.165) is 24.2 Å². The van der Waals surface area contributed by atoms with E-state index < -0.39 is 0 Å². The lowest BCUT2D eigenvalue weighted by Gasteiger charge is -2.03. The molecule has 0 bridgehead atoms. The third kappa shape index (κ3) is 4.57. The van der Waals surface area contributed by atoms with E-state index >= 15 is 0 Å². The first kappa shape index (κ1) is 19.6. The Morgan fingerprint density at radius 3 is 2.43 bits per heavy atom. The van der Waals surface area contributed by atoms with E-state index in [2.05, 4.69) is 17.2 Å². The van der Waals surface area contributed by atoms with Crippen molar-refractivity contribution in [2.24, 2.45) is 0 Å². The van der Waals surface area contributed by atoms with Crippen LogP contribution in [0.1, 0.15) is 25.3 Å². The number of carbonyl (C=O) groups excluding carboxylic acids is 1. The second kappa shape index (κ2) is 9.17. The standard InChI is InChI=1S/C22H25N3O3/c1-3-24-21(18-12-14-20(28-2)15-13-18)23-25(22(24)27)16-19(26)11-7-10-17-8-5-4-6-9-17/h4-6,8-9,12-15H,3,7,10-11,16H2,1-2H3. The fourth-order valence-corrected chi connectivity index (χ4v) is 3.16. The molecule has 0 unspecified atom stereocenters. The molecule has 0 saturated heterocycles. The molecule has 0 spiro atoms. The predicted octanol–water partition coefficient (Wildman–Crippen LogP) is 3.33. The third-order valence-corrected chi connectivity index (χ3v) is 4.68. The predicted molar refractivity (Wildman–Crippen MR) is 109 cm³/mol. The molecule has 0 aliphatic heterocycles. The molecule has 1 heterocycles. The molecule has 3 aromatic rings. The third-order valence-electron chi connectivity index (χ3n) is 4.68. The second-order valence-corrected chi connectivity index (χ2v) is 6.61. The van der Waals surface area contributed by atoms with Gasteiger partial charge in [-0.3, -0.25) is 9.36 Å². The number of ketones is 1. The summed E-state index contributed by atoms with van der Waals surface area (Å²) in [5.41, 5.74) is 1.77. The molecular formula is C22H25N3O3. The zero-order valence-corrected chi connectivity index (χ0v) is 16.3. The number of Topliss-reactive ketones (excluding diaryl/α,β-unsaturated/α-hetero) is 1. The van der Waals surface area contributed by atoms with Gasteiger partial charge in [0.1, 0.15) is 12.3 Å². The quantitative estimate of drug-likeness (QED) is 0.572. The number of benzene rings is 2. The smallest absolute Gasteiger partial charge is 0.346 e. The molecule has 2 aromatic carbocycles. The van der Waals surface area contributed by atoms with Crippen molar-refractivity contribution in [1.82, 2.24) is 14.3 Å². The van der Waals surface area contributed by atoms with Gasteiger partial charge in [-0.05, 0) is 49.6 Å². The summed E-state index contributed by atoms with van der Waals surface area (Å²) >= 11 is 0. The Bertz CT molecular complexity index is 973. The Kier molecular flexibility index (Phi) is 6.42. The van der Waals surface area contributed by atoms with E-state index in [1.807, 2.05) is 49.4 Å². The van der Waals surface area contributed by atoms with E-state index in [1.54, 1.807) is 11.7 Å². The number of aromatic nitrogens is 3. The molecule has 0 amide bonds. The fraction of sp³-hybridized carbons (Fsp3) is 0.318. The molecule has 6 nitrogen and oxygen atoms in total. The molecular weight excluding hydrogens is 354 g/mol. The van der Waals surface area contributed by atoms with Crippen molar-refractivity contribution in [1.29, 1.82) is 0 Å². The van der Waals surface area contributed by atoms with Crippen LogP contribution in [0.2, 0.25) is 0 Å². The average Bonchev–Trinajstić information content (AvgIpc) is 3.04. The molecule has 28 heavy (non-hydrogen) atoms. The molecule has 0 aliphatic carbocycles. The van der Waals surface area contributed by atoms with E-state index in [0.29, 0.717) is 18.8 Å². The molecule has 3 rings (SSSR count). The van der Waals surface area contributed by atoms with Crippen molar-refractivity contribution in [3.8, 4) is 17.1 Å². The van der Waals surface area contributed by atoms with Crippen LogP contribution in [0.5, 0.6) is 5.75 Å². The Labute approximate surface area is 164 Å². The minimum Gasteiger partial charge on any atom is -0.497 e. The lowest BCUT2D eigenvalue weighted by atomic mass is 10.1. The van der Waals surface area contributed by atoms with Crippen molar-refractivity contribution >= 4 is 5.78 Å². The van der Waals surface area contributed by atoms with Crippen LogP contribution in [-0.4, -0.2) is 27.2 Å². The summed E-state index contributed by atoms with van der Waals surface area (Å²) in [4.78, 5) is 25.0. The van der Waals surface area contributed by atoms with E-state index in [4.69, 9.17) is 4.74 Å². The van der Waals surface area contributed by atoms with Crippen LogP contribution >= 0.6 is 0 Å². The summed E-state index contributed by atoms with van der Waals surface area (Å²) in [5, 5.41) is 4.42. The summed E-state index contributed by atoms with van der Waals surface area (Å²) in [6, 6.07) is 17.5. The lowest BCUT2D eigenvalue weighted by Crippen LogP contribution is -2.27. The number of methoxy groups -OCH3 is 1. The number of hydrogen-bond donors (Lipinski definition) is 0. The summed E-state index contributed by atoms with van der Waals surface area (Å²) < 4.78 is 8.03. The Balaban J connectivity index is 1.69. The maximum atomic E-state index is 12.6. The number of rotatable bonds is 9. The number of carbonyl (C=O) groups is 1. The average molecular weight is 379 g/mol. The van der Waals surface area contributed by atoms with Gasteiger partial charge in [0.2, 0.25) is 0 Å². The van der Waals surface area contributed by atoms with Crippen LogP contribution in [0.3, 0.4) is 0 Å². The summed E-state index contributed by atoms with van der Waals surface area (Å²) in [6.07, 6.45) is 2.04. The first-order chi connectivity index (χ1) is 13.6. The van der Waals surface area contributed by atoms with Crippen molar-refractivity contribution in [3.63, 3.8) is 0 Å². The van der Waals surface area contributed by atoms with Gasteiger partial charge in [0, 0.05) is 18.5 Å². The molecule has 0 fully saturated rings. The van der Waals surface area contributed by atoms with Crippen LogP contribution in [0.15, 0.2) is 59.4 Å². The Morgan fingerprint density at radius 1 is 1.07 bits per heavy atom. The van der Waals surface area contributed by atoms with E-state index in [-0.39, 0.29) is 18.0 Å². The zero-order valence-electron chi connectivity index (χ0n) is 16.3. The van der Waals surface area contributed by atoms with Gasteiger partial charge >= 0.3 is 5.69 Å². The van der Waals surface area contributed by atoms with Gasteiger partial charge in [0.25, 0.3) is 0 Å². The lowest BCUT2D eigenvalue weighted by molar-refractivity contribution is -0.119.